The summed E-state index contributed by atoms with van der Waals surface area (Å²) >= 11 is -0.399. The Morgan fingerprint density at radius 1 is 0.826 bits per heavy atom. The van der Waals surface area contributed by atoms with Crippen LogP contribution in [0, 0.1) is 0 Å². The summed E-state index contributed by atoms with van der Waals surface area (Å²) in [6.07, 6.45) is 8.73. The Balaban J connectivity index is 4.97. The molecule has 0 bridgehead atoms. The van der Waals surface area contributed by atoms with Crippen LogP contribution in [0.25, 0.3) is 0 Å². The van der Waals surface area contributed by atoms with Crippen molar-refractivity contribution in [1.29, 1.82) is 0 Å². The van der Waals surface area contributed by atoms with Crippen molar-refractivity contribution in [2.75, 3.05) is 24.0 Å². The van der Waals surface area contributed by atoms with E-state index in [4.69, 9.17) is 6.15 Å². The van der Waals surface area contributed by atoms with Gasteiger partial charge in [-0.3, -0.25) is 0 Å². The van der Waals surface area contributed by atoms with Crippen LogP contribution in [0.1, 0.15) is 52.4 Å². The summed E-state index contributed by atoms with van der Waals surface area (Å²) in [5, 5.41) is 0. The van der Waals surface area contributed by atoms with Crippen LogP contribution < -0.4 is 0 Å². The molecular weight excluding hydrogens is 439 g/mol. The average Bonchev–Trinajstić information content (AvgIpc) is 2.54. The molecule has 0 fully saturated rings. The second kappa shape index (κ2) is 14.8. The molecule has 0 saturated carbocycles. The van der Waals surface area contributed by atoms with E-state index >= 15 is 0 Å². The molecule has 0 aromatic rings. The van der Waals surface area contributed by atoms with E-state index in [0.717, 1.165) is 46.1 Å². The van der Waals surface area contributed by atoms with Crippen molar-refractivity contribution in [3.63, 3.8) is 0 Å². The molecule has 7 heteroatoms. The van der Waals surface area contributed by atoms with Gasteiger partial charge < -0.3 is 0 Å². The third-order valence-electron chi connectivity index (χ3n) is 3.44. The molecule has 0 rings (SSSR count). The topological polar surface area (TPSA) is 52.6 Å². The Morgan fingerprint density at radius 3 is 1.52 bits per heavy atom. The van der Waals surface area contributed by atoms with Crippen LogP contribution in [0.15, 0.2) is 0 Å². The Kier molecular flexibility index (Phi) is 15.0. The summed E-state index contributed by atoms with van der Waals surface area (Å²) in [7, 11) is 0. The van der Waals surface area contributed by atoms with E-state index in [1.807, 2.05) is 12.5 Å². The third kappa shape index (κ3) is 11.6. The van der Waals surface area contributed by atoms with E-state index in [9.17, 15) is 9.59 Å². The van der Waals surface area contributed by atoms with Gasteiger partial charge in [-0.15, -0.1) is 0 Å². The van der Waals surface area contributed by atoms with Crippen LogP contribution in [-0.4, -0.2) is 55.2 Å². The first-order chi connectivity index (χ1) is 11.0. The van der Waals surface area contributed by atoms with Crippen LogP contribution in [0.5, 0.6) is 0 Å². The van der Waals surface area contributed by atoms with Gasteiger partial charge in [0.25, 0.3) is 0 Å². The van der Waals surface area contributed by atoms with Crippen LogP contribution in [0.4, 0.5) is 0 Å². The molecule has 0 N–H and O–H groups in total. The van der Waals surface area contributed by atoms with E-state index in [2.05, 4.69) is 13.8 Å². The minimum atomic E-state index is -3.66. The summed E-state index contributed by atoms with van der Waals surface area (Å²) in [5.74, 6) is 1.14. The van der Waals surface area contributed by atoms with E-state index in [-0.39, 0.29) is 11.9 Å². The van der Waals surface area contributed by atoms with E-state index in [1.165, 1.54) is 0 Å². The van der Waals surface area contributed by atoms with Gasteiger partial charge in [0.1, 0.15) is 0 Å². The molecule has 0 radical (unpaired) electrons. The number of thioether (sulfide) groups is 2. The van der Waals surface area contributed by atoms with E-state index in [0.29, 0.717) is 12.8 Å². The maximum absolute atomic E-state index is 12.2. The van der Waals surface area contributed by atoms with Crippen molar-refractivity contribution in [1.82, 2.24) is 0 Å². The molecule has 0 amide bonds. The first-order valence-electron chi connectivity index (χ1n) is 8.45. The third-order valence-corrected chi connectivity index (χ3v) is 14.5. The van der Waals surface area contributed by atoms with Gasteiger partial charge in [-0.1, -0.05) is 0 Å². The molecule has 0 aromatic heterocycles. The second-order valence-electron chi connectivity index (χ2n) is 5.55. The fraction of sp³-hybridized carbons (Fsp3) is 0.875. The summed E-state index contributed by atoms with van der Waals surface area (Å²) in [6.45, 7) is 4.23. The average molecular weight is 471 g/mol. The Labute approximate surface area is 155 Å². The van der Waals surface area contributed by atoms with Crippen molar-refractivity contribution in [3.8, 4) is 0 Å². The molecule has 0 spiro atoms. The van der Waals surface area contributed by atoms with Gasteiger partial charge in [0.05, 0.1) is 0 Å². The van der Waals surface area contributed by atoms with Gasteiger partial charge >= 0.3 is 156 Å². The van der Waals surface area contributed by atoms with Crippen molar-refractivity contribution >= 4 is 54.7 Å². The van der Waals surface area contributed by atoms with Crippen LogP contribution >= 0.6 is 23.5 Å². The molecule has 0 saturated heterocycles. The number of rotatable bonds is 14. The summed E-state index contributed by atoms with van der Waals surface area (Å²) in [6, 6.07) is 0. The van der Waals surface area contributed by atoms with Crippen molar-refractivity contribution < 1.29 is 15.7 Å². The zero-order chi connectivity index (χ0) is 17.6. The molecule has 4 nitrogen and oxygen atoms in total. The Morgan fingerprint density at radius 2 is 1.22 bits per heavy atom. The van der Waals surface area contributed by atoms with Gasteiger partial charge in [0.15, 0.2) is 0 Å². The second-order valence-corrected chi connectivity index (χ2v) is 16.7. The summed E-state index contributed by atoms with van der Waals surface area (Å²) < 4.78 is 13.4. The molecule has 136 valence electrons. The molecule has 0 heterocycles. The van der Waals surface area contributed by atoms with Crippen LogP contribution in [0.3, 0.4) is 0 Å². The summed E-state index contributed by atoms with van der Waals surface area (Å²) in [5.41, 5.74) is 0. The number of hydrogen-bond acceptors (Lipinski definition) is 6. The molecule has 0 aliphatic rings. The van der Waals surface area contributed by atoms with Crippen LogP contribution in [0.2, 0.25) is 8.87 Å². The van der Waals surface area contributed by atoms with Gasteiger partial charge in [0.2, 0.25) is 0 Å². The molecule has 0 aliphatic carbocycles. The van der Waals surface area contributed by atoms with Crippen molar-refractivity contribution in [2.45, 2.75) is 61.2 Å². The summed E-state index contributed by atoms with van der Waals surface area (Å²) in [4.78, 5) is 24.3. The number of carbonyl (C=O) groups excluding carboxylic acids is 2. The van der Waals surface area contributed by atoms with Crippen molar-refractivity contribution in [3.05, 3.63) is 0 Å². The predicted octanol–water partition coefficient (Wildman–Crippen LogP) is 4.62. The molecule has 0 aliphatic heterocycles. The fourth-order valence-electron chi connectivity index (χ4n) is 2.13. The minimum absolute atomic E-state index is 0.181. The first kappa shape index (κ1) is 23.4. The predicted molar refractivity (Wildman–Crippen MR) is 103 cm³/mol. The monoisotopic (exact) mass is 472 g/mol. The Bertz CT molecular complexity index is 308. The number of carbonyl (C=O) groups is 2. The standard InChI is InChI=1S/2C4H8O2S.2C4H9.Sn/c2*1-7-3-2-4(5)6;2*1-3-4-2;/h2*2-3H2,1H3,(H,5,6);2*1,3-4H2,2H3;/q;;;;+2/p-2. The first-order valence-corrected chi connectivity index (χ1v) is 17.6. The molecule has 0 atom stereocenters. The molecule has 0 unspecified atom stereocenters. The molecule has 23 heavy (non-hydrogen) atoms. The Hall–Kier alpha value is 0.439. The normalized spacial score (nSPS) is 11.3. The quantitative estimate of drug-likeness (QED) is 0.345. The zero-order valence-corrected chi connectivity index (χ0v) is 19.5. The SMILES string of the molecule is CCC[CH2][Sn]([CH2]CCC)([O]C(=O)CCSC)[O]C(=O)CCSC. The van der Waals surface area contributed by atoms with Crippen molar-refractivity contribution in [2.24, 2.45) is 0 Å². The molecular formula is C16H32O4S2Sn. The van der Waals surface area contributed by atoms with E-state index < -0.39 is 19.2 Å². The van der Waals surface area contributed by atoms with Gasteiger partial charge in [0, 0.05) is 0 Å². The fourth-order valence-corrected chi connectivity index (χ4v) is 12.9. The van der Waals surface area contributed by atoms with E-state index in [1.54, 1.807) is 23.5 Å². The van der Waals surface area contributed by atoms with Gasteiger partial charge in [-0.05, 0) is 0 Å². The van der Waals surface area contributed by atoms with Crippen LogP contribution in [-0.2, 0) is 15.7 Å². The number of hydrogen-bond donors (Lipinski definition) is 0. The number of unbranched alkanes of at least 4 members (excludes halogenated alkanes) is 2. The van der Waals surface area contributed by atoms with Gasteiger partial charge in [-0.2, -0.15) is 0 Å². The zero-order valence-electron chi connectivity index (χ0n) is 15.0. The van der Waals surface area contributed by atoms with Gasteiger partial charge in [-0.25, -0.2) is 0 Å². The maximum atomic E-state index is 12.2. The molecule has 0 aromatic carbocycles.